The van der Waals surface area contributed by atoms with E-state index in [1.807, 2.05) is 55.5 Å². The molecule has 2 N–H and O–H groups in total. The van der Waals surface area contributed by atoms with E-state index in [1.54, 1.807) is 0 Å². The molecular formula is C18H15N5O. The molecule has 0 saturated heterocycles. The van der Waals surface area contributed by atoms with E-state index in [0.717, 1.165) is 11.1 Å². The van der Waals surface area contributed by atoms with E-state index < -0.39 is 0 Å². The molecule has 118 valence electrons. The number of rotatable bonds is 3. The predicted octanol–water partition coefficient (Wildman–Crippen LogP) is 2.61. The van der Waals surface area contributed by atoms with Gasteiger partial charge >= 0.3 is 0 Å². The third kappa shape index (κ3) is 2.69. The van der Waals surface area contributed by atoms with E-state index in [9.17, 15) is 4.79 Å². The van der Waals surface area contributed by atoms with Crippen molar-refractivity contribution in [1.82, 2.24) is 25.1 Å². The van der Waals surface area contributed by atoms with Gasteiger partial charge in [0.05, 0.1) is 17.3 Å². The van der Waals surface area contributed by atoms with Gasteiger partial charge in [-0.2, -0.15) is 5.10 Å². The lowest BCUT2D eigenvalue weighted by Gasteiger charge is -2.02. The molecule has 4 rings (SSSR count). The van der Waals surface area contributed by atoms with Crippen LogP contribution in [0.15, 0.2) is 53.3 Å². The fourth-order valence-corrected chi connectivity index (χ4v) is 2.63. The first-order valence-corrected chi connectivity index (χ1v) is 7.65. The Bertz CT molecular complexity index is 1070. The van der Waals surface area contributed by atoms with E-state index in [4.69, 9.17) is 0 Å². The standard InChI is InChI=1S/C18H15N5O/c1-11-7-8-14-13(9-11)18(24)21-15(19-14)10-16-20-17(23-22-16)12-5-3-2-4-6-12/h2-9H,10H2,1H3,(H,19,21,24)(H,20,22,23). The van der Waals surface area contributed by atoms with Crippen LogP contribution >= 0.6 is 0 Å². The number of aryl methyl sites for hydroxylation is 1. The average Bonchev–Trinajstić information content (AvgIpc) is 3.05. The molecule has 24 heavy (non-hydrogen) atoms. The van der Waals surface area contributed by atoms with Gasteiger partial charge in [0, 0.05) is 5.56 Å². The summed E-state index contributed by atoms with van der Waals surface area (Å²) in [5.41, 5.74) is 2.52. The Morgan fingerprint density at radius 1 is 1.00 bits per heavy atom. The summed E-state index contributed by atoms with van der Waals surface area (Å²) in [4.78, 5) is 24.0. The summed E-state index contributed by atoms with van der Waals surface area (Å²) in [7, 11) is 0. The maximum absolute atomic E-state index is 12.2. The third-order valence-electron chi connectivity index (χ3n) is 3.81. The molecule has 0 aliphatic heterocycles. The second-order valence-corrected chi connectivity index (χ2v) is 5.68. The van der Waals surface area contributed by atoms with Crippen molar-refractivity contribution in [2.45, 2.75) is 13.3 Å². The molecule has 0 radical (unpaired) electrons. The van der Waals surface area contributed by atoms with Gasteiger partial charge in [-0.1, -0.05) is 42.0 Å². The number of fused-ring (bicyclic) bond motifs is 1. The molecule has 2 aromatic heterocycles. The van der Waals surface area contributed by atoms with E-state index in [-0.39, 0.29) is 5.56 Å². The second kappa shape index (κ2) is 5.73. The molecule has 4 aromatic rings. The Morgan fingerprint density at radius 3 is 2.67 bits per heavy atom. The lowest BCUT2D eigenvalue weighted by Crippen LogP contribution is -2.12. The van der Waals surface area contributed by atoms with Crippen LogP contribution in [-0.4, -0.2) is 25.1 Å². The molecule has 0 unspecified atom stereocenters. The highest BCUT2D eigenvalue weighted by Crippen LogP contribution is 2.15. The first-order valence-electron chi connectivity index (χ1n) is 7.65. The summed E-state index contributed by atoms with van der Waals surface area (Å²) in [6.45, 7) is 1.95. The molecule has 0 atom stereocenters. The second-order valence-electron chi connectivity index (χ2n) is 5.68. The highest BCUT2D eigenvalue weighted by atomic mass is 16.1. The van der Waals surface area contributed by atoms with Gasteiger partial charge in [0.2, 0.25) is 0 Å². The van der Waals surface area contributed by atoms with Crippen LogP contribution in [0, 0.1) is 6.92 Å². The molecule has 0 aliphatic rings. The number of H-pyrrole nitrogens is 2. The fourth-order valence-electron chi connectivity index (χ4n) is 2.63. The maximum atomic E-state index is 12.2. The molecule has 2 heterocycles. The largest absolute Gasteiger partial charge is 0.310 e. The minimum Gasteiger partial charge on any atom is -0.310 e. The van der Waals surface area contributed by atoms with Crippen LogP contribution in [-0.2, 0) is 6.42 Å². The van der Waals surface area contributed by atoms with Crippen molar-refractivity contribution < 1.29 is 0 Å². The van der Waals surface area contributed by atoms with Crippen LogP contribution in [0.3, 0.4) is 0 Å². The molecule has 2 aromatic carbocycles. The molecule has 0 bridgehead atoms. The number of nitrogens with zero attached hydrogens (tertiary/aromatic N) is 3. The summed E-state index contributed by atoms with van der Waals surface area (Å²) in [6.07, 6.45) is 0.388. The molecule has 0 saturated carbocycles. The highest BCUT2D eigenvalue weighted by molar-refractivity contribution is 5.78. The molecule has 0 fully saturated rings. The van der Waals surface area contributed by atoms with Gasteiger partial charge in [-0.25, -0.2) is 9.97 Å². The summed E-state index contributed by atoms with van der Waals surface area (Å²) < 4.78 is 0. The molecule has 0 aliphatic carbocycles. The van der Waals surface area contributed by atoms with Crippen molar-refractivity contribution in [2.75, 3.05) is 0 Å². The lowest BCUT2D eigenvalue weighted by molar-refractivity contribution is 0.896. The van der Waals surface area contributed by atoms with Crippen molar-refractivity contribution in [3.8, 4) is 11.4 Å². The van der Waals surface area contributed by atoms with Gasteiger partial charge in [0.1, 0.15) is 11.6 Å². The van der Waals surface area contributed by atoms with E-state index in [1.165, 1.54) is 0 Å². The first kappa shape index (κ1) is 14.3. The fraction of sp³-hybridized carbons (Fsp3) is 0.111. The van der Waals surface area contributed by atoms with Gasteiger partial charge in [0.25, 0.3) is 5.56 Å². The summed E-state index contributed by atoms with van der Waals surface area (Å²) in [5.74, 6) is 1.85. The quantitative estimate of drug-likeness (QED) is 0.608. The van der Waals surface area contributed by atoms with E-state index in [2.05, 4.69) is 25.1 Å². The number of aromatic nitrogens is 5. The van der Waals surface area contributed by atoms with Crippen LogP contribution in [0.25, 0.3) is 22.3 Å². The Balaban J connectivity index is 1.66. The average molecular weight is 317 g/mol. The van der Waals surface area contributed by atoms with Gasteiger partial charge < -0.3 is 4.98 Å². The zero-order valence-electron chi connectivity index (χ0n) is 13.1. The van der Waals surface area contributed by atoms with Crippen molar-refractivity contribution in [3.63, 3.8) is 0 Å². The predicted molar refractivity (Wildman–Crippen MR) is 91.7 cm³/mol. The Morgan fingerprint density at radius 2 is 1.83 bits per heavy atom. The Hall–Kier alpha value is -3.28. The van der Waals surface area contributed by atoms with E-state index >= 15 is 0 Å². The first-order chi connectivity index (χ1) is 11.7. The number of benzene rings is 2. The topological polar surface area (TPSA) is 87.3 Å². The normalized spacial score (nSPS) is 11.0. The lowest BCUT2D eigenvalue weighted by atomic mass is 10.1. The molecule has 0 amide bonds. The number of hydrogen-bond acceptors (Lipinski definition) is 4. The van der Waals surface area contributed by atoms with Crippen LogP contribution < -0.4 is 5.56 Å². The van der Waals surface area contributed by atoms with Crippen LogP contribution in [0.4, 0.5) is 0 Å². The van der Waals surface area contributed by atoms with Gasteiger partial charge in [-0.05, 0) is 19.1 Å². The summed E-state index contributed by atoms with van der Waals surface area (Å²) in [5, 5.41) is 7.73. The molecule has 6 nitrogen and oxygen atoms in total. The minimum atomic E-state index is -0.138. The number of nitrogens with one attached hydrogen (secondary N) is 2. The van der Waals surface area contributed by atoms with Gasteiger partial charge in [0.15, 0.2) is 5.82 Å². The summed E-state index contributed by atoms with van der Waals surface area (Å²) >= 11 is 0. The van der Waals surface area contributed by atoms with Crippen molar-refractivity contribution in [2.24, 2.45) is 0 Å². The monoisotopic (exact) mass is 317 g/mol. The van der Waals surface area contributed by atoms with Gasteiger partial charge in [-0.3, -0.25) is 9.89 Å². The van der Waals surface area contributed by atoms with Crippen molar-refractivity contribution in [1.29, 1.82) is 0 Å². The smallest absolute Gasteiger partial charge is 0.258 e. The van der Waals surface area contributed by atoms with Gasteiger partial charge in [-0.15, -0.1) is 0 Å². The Kier molecular flexibility index (Phi) is 3.42. The minimum absolute atomic E-state index is 0.138. The van der Waals surface area contributed by atoms with Crippen LogP contribution in [0.1, 0.15) is 17.2 Å². The third-order valence-corrected chi connectivity index (χ3v) is 3.81. The number of hydrogen-bond donors (Lipinski definition) is 2. The zero-order valence-corrected chi connectivity index (χ0v) is 13.1. The van der Waals surface area contributed by atoms with Crippen molar-refractivity contribution in [3.05, 3.63) is 76.1 Å². The molecule has 6 heteroatoms. The number of aromatic amines is 2. The van der Waals surface area contributed by atoms with Crippen LogP contribution in [0.5, 0.6) is 0 Å². The molecular weight excluding hydrogens is 302 g/mol. The van der Waals surface area contributed by atoms with Crippen LogP contribution in [0.2, 0.25) is 0 Å². The maximum Gasteiger partial charge on any atom is 0.258 e. The van der Waals surface area contributed by atoms with E-state index in [0.29, 0.717) is 34.8 Å². The highest BCUT2D eigenvalue weighted by Gasteiger charge is 2.09. The SMILES string of the molecule is Cc1ccc2nc(Cc3nc(-c4ccccc4)n[nH]3)[nH]c(=O)c2c1. The van der Waals surface area contributed by atoms with Crippen molar-refractivity contribution >= 4 is 10.9 Å². The molecule has 0 spiro atoms. The Labute approximate surface area is 137 Å². The summed E-state index contributed by atoms with van der Waals surface area (Å²) in [6, 6.07) is 15.4. The zero-order chi connectivity index (χ0) is 16.5.